The molecule has 0 radical (unpaired) electrons. The minimum absolute atomic E-state index is 0.168. The maximum Gasteiger partial charge on any atom is 0.408 e. The monoisotopic (exact) mass is 430 g/mol. The molecule has 2 aromatic heterocycles. The van der Waals surface area contributed by atoms with Gasteiger partial charge in [0.2, 0.25) is 0 Å². The summed E-state index contributed by atoms with van der Waals surface area (Å²) in [6.45, 7) is 0.685. The summed E-state index contributed by atoms with van der Waals surface area (Å²) in [5.74, 6) is 0.737. The van der Waals surface area contributed by atoms with E-state index in [1.54, 1.807) is 31.2 Å². The molecule has 11 nitrogen and oxygen atoms in total. The number of aromatic amines is 1. The number of rotatable bonds is 7. The summed E-state index contributed by atoms with van der Waals surface area (Å²) in [5, 5.41) is 23.8. The normalized spacial score (nSPS) is 28.6. The predicted octanol–water partition coefficient (Wildman–Crippen LogP) is 1.90. The number of carboxylic acid groups (broad SMARTS) is 1. The number of amides is 2. The van der Waals surface area contributed by atoms with Crippen molar-refractivity contribution in [3.8, 4) is 0 Å². The van der Waals surface area contributed by atoms with Crippen LogP contribution in [0.3, 0.4) is 0 Å². The first-order valence-electron chi connectivity index (χ1n) is 10.4. The topological polar surface area (TPSA) is 135 Å². The lowest BCUT2D eigenvalue weighted by Crippen LogP contribution is -2.71. The molecule has 4 fully saturated rings. The Kier molecular flexibility index (Phi) is 4.74. The van der Waals surface area contributed by atoms with Crippen molar-refractivity contribution in [1.29, 1.82) is 0 Å². The number of nitrogens with one attached hydrogen (secondary N) is 2. The van der Waals surface area contributed by atoms with Gasteiger partial charge in [0.15, 0.2) is 5.82 Å². The molecule has 3 aliphatic carbocycles. The number of nitrogens with zero attached hydrogens (tertiary/aromatic N) is 4. The van der Waals surface area contributed by atoms with Crippen molar-refractivity contribution in [3.05, 3.63) is 29.2 Å². The molecule has 6 rings (SSSR count). The summed E-state index contributed by atoms with van der Waals surface area (Å²) in [6.07, 6.45) is 2.33. The van der Waals surface area contributed by atoms with Gasteiger partial charge in [-0.1, -0.05) is 0 Å². The van der Waals surface area contributed by atoms with Crippen molar-refractivity contribution in [3.63, 3.8) is 0 Å². The second-order valence-corrected chi connectivity index (χ2v) is 8.81. The molecule has 3 N–H and O–H groups in total. The van der Waals surface area contributed by atoms with Crippen molar-refractivity contribution in [2.75, 3.05) is 19.0 Å². The molecule has 2 amide bonds. The molecular weight excluding hydrogens is 404 g/mol. The summed E-state index contributed by atoms with van der Waals surface area (Å²) in [7, 11) is 3.26. The SMILES string of the molecule is COCc1cc(C(=O)Nc2cc([C@H]3C[C@@H](N(C(=O)O)C45CC(C4)C5)CO3)[nH]n2)n(C)n1. The van der Waals surface area contributed by atoms with E-state index in [1.807, 2.05) is 0 Å². The average Bonchev–Trinajstić information content (AvgIpc) is 3.36. The van der Waals surface area contributed by atoms with Crippen LogP contribution in [0.1, 0.15) is 53.7 Å². The van der Waals surface area contributed by atoms with E-state index in [4.69, 9.17) is 9.47 Å². The van der Waals surface area contributed by atoms with E-state index < -0.39 is 6.09 Å². The molecule has 0 spiro atoms. The Morgan fingerprint density at radius 1 is 1.42 bits per heavy atom. The van der Waals surface area contributed by atoms with Crippen LogP contribution in [0.25, 0.3) is 0 Å². The number of anilines is 1. The highest BCUT2D eigenvalue weighted by Crippen LogP contribution is 2.61. The van der Waals surface area contributed by atoms with Crippen LogP contribution in [0, 0.1) is 5.92 Å². The van der Waals surface area contributed by atoms with Gasteiger partial charge in [-0.25, -0.2) is 4.79 Å². The van der Waals surface area contributed by atoms with E-state index in [0.29, 0.717) is 48.5 Å². The van der Waals surface area contributed by atoms with Crippen LogP contribution in [0.15, 0.2) is 12.1 Å². The molecular formula is C20H26N6O5. The van der Waals surface area contributed by atoms with E-state index in [0.717, 1.165) is 19.3 Å². The zero-order chi connectivity index (χ0) is 21.8. The van der Waals surface area contributed by atoms with Gasteiger partial charge in [-0.05, 0) is 31.2 Å². The lowest BCUT2D eigenvalue weighted by atomic mass is 9.49. The zero-order valence-electron chi connectivity index (χ0n) is 17.5. The fourth-order valence-corrected chi connectivity index (χ4v) is 5.18. The number of methoxy groups -OCH3 is 1. The van der Waals surface area contributed by atoms with Crippen LogP contribution in [0.5, 0.6) is 0 Å². The van der Waals surface area contributed by atoms with Gasteiger partial charge >= 0.3 is 6.09 Å². The van der Waals surface area contributed by atoms with Gasteiger partial charge in [0.05, 0.1) is 30.6 Å². The Hall–Kier alpha value is -2.92. The molecule has 11 heteroatoms. The number of carbonyl (C=O) groups is 2. The van der Waals surface area contributed by atoms with Gasteiger partial charge in [0.25, 0.3) is 5.91 Å². The maximum absolute atomic E-state index is 12.6. The van der Waals surface area contributed by atoms with Crippen molar-refractivity contribution in [1.82, 2.24) is 24.9 Å². The maximum atomic E-state index is 12.6. The van der Waals surface area contributed by atoms with E-state index in [2.05, 4.69) is 20.6 Å². The van der Waals surface area contributed by atoms with Crippen LogP contribution in [0.2, 0.25) is 0 Å². The molecule has 166 valence electrons. The third-order valence-corrected chi connectivity index (χ3v) is 6.71. The lowest BCUT2D eigenvalue weighted by molar-refractivity contribution is -0.142. The second-order valence-electron chi connectivity index (χ2n) is 8.81. The highest BCUT2D eigenvalue weighted by molar-refractivity contribution is 6.02. The molecule has 31 heavy (non-hydrogen) atoms. The highest BCUT2D eigenvalue weighted by Gasteiger charge is 2.63. The summed E-state index contributed by atoms with van der Waals surface area (Å²) in [4.78, 5) is 26.1. The van der Waals surface area contributed by atoms with E-state index in [1.165, 1.54) is 4.68 Å². The van der Waals surface area contributed by atoms with Crippen LogP contribution in [-0.2, 0) is 23.1 Å². The Morgan fingerprint density at radius 2 is 2.19 bits per heavy atom. The van der Waals surface area contributed by atoms with Crippen molar-refractivity contribution >= 4 is 17.8 Å². The second kappa shape index (κ2) is 7.34. The van der Waals surface area contributed by atoms with Crippen molar-refractivity contribution in [2.24, 2.45) is 13.0 Å². The zero-order valence-corrected chi connectivity index (χ0v) is 17.5. The van der Waals surface area contributed by atoms with Gasteiger partial charge in [-0.2, -0.15) is 10.2 Å². The standard InChI is InChI=1S/C20H26N6O5/c1-25-15(3-12(24-25)9-30-2)18(27)21-17-5-14(22-23-17)16-4-13(10-31-16)26(19(28)29)20-6-11(7-20)8-20/h3,5,11,13,16H,4,6-10H2,1-2H3,(H,28,29)(H2,21,22,23,27)/t11?,13-,16-,20?/m1/s1. The third kappa shape index (κ3) is 3.37. The number of carbonyl (C=O) groups excluding carboxylic acids is 1. The Labute approximate surface area is 178 Å². The summed E-state index contributed by atoms with van der Waals surface area (Å²) >= 11 is 0. The number of hydrogen-bond acceptors (Lipinski definition) is 6. The molecule has 4 aliphatic rings. The third-order valence-electron chi connectivity index (χ3n) is 6.71. The van der Waals surface area contributed by atoms with E-state index in [-0.39, 0.29) is 23.6 Å². The summed E-state index contributed by atoms with van der Waals surface area (Å²) in [5.41, 5.74) is 1.60. The van der Waals surface area contributed by atoms with Crippen molar-refractivity contribution in [2.45, 2.75) is 50.0 Å². The van der Waals surface area contributed by atoms with Gasteiger partial charge in [-0.3, -0.25) is 19.5 Å². The van der Waals surface area contributed by atoms with Gasteiger partial charge < -0.3 is 19.9 Å². The highest BCUT2D eigenvalue weighted by atomic mass is 16.5. The van der Waals surface area contributed by atoms with Crippen molar-refractivity contribution < 1.29 is 24.2 Å². The largest absolute Gasteiger partial charge is 0.465 e. The first kappa shape index (κ1) is 20.0. The Bertz CT molecular complexity index is 999. The first-order valence-corrected chi connectivity index (χ1v) is 10.4. The Morgan fingerprint density at radius 3 is 2.84 bits per heavy atom. The predicted molar refractivity (Wildman–Crippen MR) is 107 cm³/mol. The number of H-pyrrole nitrogens is 1. The Balaban J connectivity index is 1.23. The fraction of sp³-hybridized carbons (Fsp3) is 0.600. The summed E-state index contributed by atoms with van der Waals surface area (Å²) < 4.78 is 12.4. The quantitative estimate of drug-likeness (QED) is 0.611. The average molecular weight is 430 g/mol. The molecule has 3 heterocycles. The molecule has 2 atom stereocenters. The van der Waals surface area contributed by atoms with Crippen LogP contribution in [0.4, 0.5) is 10.6 Å². The van der Waals surface area contributed by atoms with E-state index in [9.17, 15) is 14.7 Å². The molecule has 2 bridgehead atoms. The number of aromatic nitrogens is 4. The van der Waals surface area contributed by atoms with E-state index >= 15 is 0 Å². The molecule has 2 aromatic rings. The van der Waals surface area contributed by atoms with Crippen LogP contribution < -0.4 is 5.32 Å². The smallest absolute Gasteiger partial charge is 0.408 e. The summed E-state index contributed by atoms with van der Waals surface area (Å²) in [6, 6.07) is 3.23. The van der Waals surface area contributed by atoms with Gasteiger partial charge in [-0.15, -0.1) is 0 Å². The molecule has 0 unspecified atom stereocenters. The molecule has 0 aromatic carbocycles. The number of ether oxygens (including phenoxy) is 2. The van der Waals surface area contributed by atoms with Crippen LogP contribution in [-0.4, -0.2) is 67.3 Å². The number of hydrogen-bond donors (Lipinski definition) is 3. The minimum Gasteiger partial charge on any atom is -0.465 e. The lowest BCUT2D eigenvalue weighted by Gasteiger charge is -2.66. The van der Waals surface area contributed by atoms with Crippen LogP contribution >= 0.6 is 0 Å². The fourth-order valence-electron chi connectivity index (χ4n) is 5.18. The minimum atomic E-state index is -0.867. The molecule has 1 saturated heterocycles. The number of aryl methyl sites for hydroxylation is 1. The first-order chi connectivity index (χ1) is 14.9. The van der Waals surface area contributed by atoms with Gasteiger partial charge in [0.1, 0.15) is 11.8 Å². The molecule has 3 saturated carbocycles. The van der Waals surface area contributed by atoms with Gasteiger partial charge in [0, 0.05) is 32.2 Å². The molecule has 1 aliphatic heterocycles.